The minimum atomic E-state index is -0.192. The van der Waals surface area contributed by atoms with Crippen LogP contribution in [0.5, 0.6) is 5.75 Å². The Balaban J connectivity index is 1.94. The summed E-state index contributed by atoms with van der Waals surface area (Å²) in [5.74, 6) is 0.726. The van der Waals surface area contributed by atoms with Crippen LogP contribution in [0, 0.1) is 0 Å². The van der Waals surface area contributed by atoms with E-state index < -0.39 is 0 Å². The summed E-state index contributed by atoms with van der Waals surface area (Å²) in [6.45, 7) is 3.33. The third-order valence-electron chi connectivity index (χ3n) is 2.68. The van der Waals surface area contributed by atoms with Gasteiger partial charge in [0.25, 0.3) is 0 Å². The molecule has 0 aliphatic heterocycles. The van der Waals surface area contributed by atoms with Crippen LogP contribution in [-0.4, -0.2) is 6.61 Å². The topological polar surface area (TPSA) is 48.7 Å². The summed E-state index contributed by atoms with van der Waals surface area (Å²) in [5.41, 5.74) is 0.810. The number of benzene rings is 1. The van der Waals surface area contributed by atoms with Crippen molar-refractivity contribution in [2.75, 3.05) is 6.61 Å². The van der Waals surface area contributed by atoms with Crippen LogP contribution in [0.3, 0.4) is 0 Å². The van der Waals surface area contributed by atoms with E-state index >= 15 is 0 Å². The second-order valence-corrected chi connectivity index (χ2v) is 4.40. The van der Waals surface area contributed by atoms with E-state index in [1.165, 1.54) is 12.3 Å². The lowest BCUT2D eigenvalue weighted by Crippen LogP contribution is -2.08. The Morgan fingerprint density at radius 3 is 2.65 bits per heavy atom. The van der Waals surface area contributed by atoms with E-state index in [1.54, 1.807) is 0 Å². The molecule has 4 nitrogen and oxygen atoms in total. The van der Waals surface area contributed by atoms with Crippen LogP contribution in [0.1, 0.15) is 24.7 Å². The van der Waals surface area contributed by atoms with Gasteiger partial charge in [0.2, 0.25) is 11.2 Å². The summed E-state index contributed by atoms with van der Waals surface area (Å²) in [5, 5.41) is 0. The van der Waals surface area contributed by atoms with Gasteiger partial charge in [0, 0.05) is 12.7 Å². The number of hydrogen-bond acceptors (Lipinski definition) is 4. The van der Waals surface area contributed by atoms with Crippen molar-refractivity contribution in [3.8, 4) is 5.75 Å². The highest BCUT2D eigenvalue weighted by Gasteiger charge is 2.05. The maximum absolute atomic E-state index is 11.9. The molecule has 0 N–H and O–H groups in total. The van der Waals surface area contributed by atoms with Crippen LogP contribution in [0.2, 0.25) is 0 Å². The standard InChI is InChI=1S/C16H18O4/c1-2-8-18-11-14-9-15(17)16(12-19-14)20-10-13-6-4-3-5-7-13/h3-7,9,12H,2,8,10-11H2,1H3. The third kappa shape index (κ3) is 4.24. The molecule has 4 heteroatoms. The molecule has 0 saturated carbocycles. The highest BCUT2D eigenvalue weighted by molar-refractivity contribution is 5.19. The molecule has 106 valence electrons. The second kappa shape index (κ2) is 7.50. The van der Waals surface area contributed by atoms with Gasteiger partial charge in [0.1, 0.15) is 25.2 Å². The molecule has 0 radical (unpaired) electrons. The quantitative estimate of drug-likeness (QED) is 0.728. The second-order valence-electron chi connectivity index (χ2n) is 4.40. The van der Waals surface area contributed by atoms with E-state index in [-0.39, 0.29) is 11.2 Å². The first kappa shape index (κ1) is 14.3. The van der Waals surface area contributed by atoms with Crippen molar-refractivity contribution in [1.82, 2.24) is 0 Å². The van der Waals surface area contributed by atoms with Gasteiger partial charge in [-0.05, 0) is 12.0 Å². The van der Waals surface area contributed by atoms with Gasteiger partial charge >= 0.3 is 0 Å². The Bertz CT molecular complexity index is 575. The minimum Gasteiger partial charge on any atom is -0.482 e. The predicted octanol–water partition coefficient (Wildman–Crippen LogP) is 3.15. The van der Waals surface area contributed by atoms with Crippen LogP contribution < -0.4 is 10.2 Å². The maximum Gasteiger partial charge on any atom is 0.227 e. The molecule has 0 aliphatic rings. The largest absolute Gasteiger partial charge is 0.482 e. The van der Waals surface area contributed by atoms with Gasteiger partial charge in [-0.25, -0.2) is 0 Å². The molecule has 20 heavy (non-hydrogen) atoms. The van der Waals surface area contributed by atoms with Crippen LogP contribution in [0.4, 0.5) is 0 Å². The van der Waals surface area contributed by atoms with E-state index in [2.05, 4.69) is 0 Å². The third-order valence-corrected chi connectivity index (χ3v) is 2.68. The van der Waals surface area contributed by atoms with Gasteiger partial charge in [-0.2, -0.15) is 0 Å². The lowest BCUT2D eigenvalue weighted by Gasteiger charge is -2.06. The molecule has 1 aromatic heterocycles. The highest BCUT2D eigenvalue weighted by Crippen LogP contribution is 2.09. The molecule has 0 spiro atoms. The number of hydrogen-bond donors (Lipinski definition) is 0. The molecule has 1 heterocycles. The van der Waals surface area contributed by atoms with Crippen molar-refractivity contribution in [1.29, 1.82) is 0 Å². The van der Waals surface area contributed by atoms with Gasteiger partial charge in [-0.3, -0.25) is 4.79 Å². The fraction of sp³-hybridized carbons (Fsp3) is 0.312. The molecule has 2 aromatic rings. The van der Waals surface area contributed by atoms with E-state index in [1.807, 2.05) is 37.3 Å². The summed E-state index contributed by atoms with van der Waals surface area (Å²) in [7, 11) is 0. The van der Waals surface area contributed by atoms with E-state index in [0.29, 0.717) is 25.6 Å². The zero-order valence-electron chi connectivity index (χ0n) is 11.5. The van der Waals surface area contributed by atoms with Crippen LogP contribution in [0.25, 0.3) is 0 Å². The van der Waals surface area contributed by atoms with Crippen molar-refractivity contribution in [3.05, 3.63) is 64.2 Å². The normalized spacial score (nSPS) is 10.4. The average Bonchev–Trinajstić information content (AvgIpc) is 2.48. The predicted molar refractivity (Wildman–Crippen MR) is 75.7 cm³/mol. The monoisotopic (exact) mass is 274 g/mol. The Morgan fingerprint density at radius 1 is 1.15 bits per heavy atom. The molecule has 0 fully saturated rings. The Morgan fingerprint density at radius 2 is 1.95 bits per heavy atom. The molecular weight excluding hydrogens is 256 g/mol. The molecule has 0 unspecified atom stereocenters. The molecule has 0 bridgehead atoms. The molecular formula is C16H18O4. The minimum absolute atomic E-state index is 0.192. The van der Waals surface area contributed by atoms with Crippen LogP contribution in [0.15, 0.2) is 51.9 Å². The van der Waals surface area contributed by atoms with Gasteiger partial charge in [-0.1, -0.05) is 37.3 Å². The van der Waals surface area contributed by atoms with Crippen LogP contribution >= 0.6 is 0 Å². The summed E-state index contributed by atoms with van der Waals surface area (Å²) >= 11 is 0. The van der Waals surface area contributed by atoms with Crippen molar-refractivity contribution >= 4 is 0 Å². The highest BCUT2D eigenvalue weighted by atomic mass is 16.5. The number of rotatable bonds is 7. The van der Waals surface area contributed by atoms with Crippen molar-refractivity contribution in [2.24, 2.45) is 0 Å². The van der Waals surface area contributed by atoms with Gasteiger partial charge in [-0.15, -0.1) is 0 Å². The Kier molecular flexibility index (Phi) is 5.38. The first-order chi connectivity index (χ1) is 9.79. The van der Waals surface area contributed by atoms with Crippen molar-refractivity contribution in [2.45, 2.75) is 26.6 Å². The summed E-state index contributed by atoms with van der Waals surface area (Å²) in [6.07, 6.45) is 2.28. The van der Waals surface area contributed by atoms with Crippen molar-refractivity contribution < 1.29 is 13.9 Å². The van der Waals surface area contributed by atoms with Gasteiger partial charge in [0.15, 0.2) is 0 Å². The molecule has 1 aromatic carbocycles. The fourth-order valence-corrected chi connectivity index (χ4v) is 1.67. The molecule has 0 saturated heterocycles. The van der Waals surface area contributed by atoms with Crippen LogP contribution in [-0.2, 0) is 18.0 Å². The average molecular weight is 274 g/mol. The lowest BCUT2D eigenvalue weighted by molar-refractivity contribution is 0.105. The summed E-state index contributed by atoms with van der Waals surface area (Å²) in [6, 6.07) is 11.1. The summed E-state index contributed by atoms with van der Waals surface area (Å²) in [4.78, 5) is 11.9. The molecule has 0 aliphatic carbocycles. The molecule has 0 amide bonds. The SMILES string of the molecule is CCCOCc1cc(=O)c(OCc2ccccc2)co1. The first-order valence-corrected chi connectivity index (χ1v) is 6.66. The Labute approximate surface area is 118 Å². The number of ether oxygens (including phenoxy) is 2. The Hall–Kier alpha value is -2.07. The van der Waals surface area contributed by atoms with E-state index in [4.69, 9.17) is 13.9 Å². The lowest BCUT2D eigenvalue weighted by atomic mass is 10.2. The van der Waals surface area contributed by atoms with Crippen molar-refractivity contribution in [3.63, 3.8) is 0 Å². The van der Waals surface area contributed by atoms with E-state index in [9.17, 15) is 4.79 Å². The first-order valence-electron chi connectivity index (χ1n) is 6.66. The fourth-order valence-electron chi connectivity index (χ4n) is 1.67. The zero-order valence-corrected chi connectivity index (χ0v) is 11.5. The van der Waals surface area contributed by atoms with E-state index in [0.717, 1.165) is 12.0 Å². The molecule has 0 atom stereocenters. The summed E-state index contributed by atoms with van der Waals surface area (Å²) < 4.78 is 16.1. The zero-order chi connectivity index (χ0) is 14.2. The van der Waals surface area contributed by atoms with Gasteiger partial charge in [0.05, 0.1) is 0 Å². The molecule has 2 rings (SSSR count). The smallest absolute Gasteiger partial charge is 0.227 e. The van der Waals surface area contributed by atoms with Gasteiger partial charge < -0.3 is 13.9 Å². The maximum atomic E-state index is 11.9.